The molecule has 0 aliphatic carbocycles. The highest BCUT2D eigenvalue weighted by molar-refractivity contribution is 7.89. The van der Waals surface area contributed by atoms with Gasteiger partial charge in [0.05, 0.1) is 19.9 Å². The second-order valence-electron chi connectivity index (χ2n) is 7.61. The van der Waals surface area contributed by atoms with Crippen LogP contribution in [0, 0.1) is 18.7 Å². The number of thiazole rings is 2. The van der Waals surface area contributed by atoms with E-state index in [9.17, 15) is 17.6 Å². The third-order valence-corrected chi connectivity index (χ3v) is 9.39. The highest BCUT2D eigenvalue weighted by Gasteiger charge is 2.33. The van der Waals surface area contributed by atoms with E-state index in [-0.39, 0.29) is 29.8 Å². The molecule has 0 unspecified atom stereocenters. The lowest BCUT2D eigenvalue weighted by atomic mass is 9.97. The summed E-state index contributed by atoms with van der Waals surface area (Å²) in [5, 5.41) is 4.36. The van der Waals surface area contributed by atoms with Crippen molar-refractivity contribution in [2.24, 2.45) is 5.92 Å². The Hall–Kier alpha value is -2.47. The summed E-state index contributed by atoms with van der Waals surface area (Å²) in [4.78, 5) is 21.6. The van der Waals surface area contributed by atoms with Crippen LogP contribution in [0.15, 0.2) is 41.3 Å². The van der Waals surface area contributed by atoms with Gasteiger partial charge in [-0.25, -0.2) is 22.8 Å². The summed E-state index contributed by atoms with van der Waals surface area (Å²) in [5.74, 6) is -1.29. The number of hydrogen-bond acceptors (Lipinski definition) is 7. The van der Waals surface area contributed by atoms with Crippen LogP contribution in [-0.4, -0.2) is 41.7 Å². The lowest BCUT2D eigenvalue weighted by Crippen LogP contribution is -2.41. The number of halogens is 1. The summed E-state index contributed by atoms with van der Waals surface area (Å²) in [6, 6.07) is 9.25. The second-order valence-corrected chi connectivity index (χ2v) is 11.8. The number of nitrogens with zero attached hydrogens (tertiary/aromatic N) is 3. The van der Waals surface area contributed by atoms with Gasteiger partial charge in [0, 0.05) is 19.0 Å². The number of sulfonamides is 1. The van der Waals surface area contributed by atoms with E-state index in [4.69, 9.17) is 0 Å². The smallest absolute Gasteiger partial charge is 0.245 e. The first-order chi connectivity index (χ1) is 15.3. The number of piperidine rings is 1. The molecule has 1 amide bonds. The molecule has 1 N–H and O–H groups in total. The molecule has 4 aromatic rings. The predicted octanol–water partition coefficient (Wildman–Crippen LogP) is 4.39. The molecule has 32 heavy (non-hydrogen) atoms. The van der Waals surface area contributed by atoms with Crippen molar-refractivity contribution in [2.75, 3.05) is 18.4 Å². The zero-order chi connectivity index (χ0) is 22.5. The van der Waals surface area contributed by atoms with Crippen molar-refractivity contribution in [3.8, 4) is 0 Å². The second kappa shape index (κ2) is 8.14. The minimum atomic E-state index is -3.93. The lowest BCUT2D eigenvalue weighted by molar-refractivity contribution is -0.120. The van der Waals surface area contributed by atoms with E-state index < -0.39 is 15.8 Å². The Morgan fingerprint density at radius 1 is 1.12 bits per heavy atom. The van der Waals surface area contributed by atoms with Gasteiger partial charge >= 0.3 is 0 Å². The van der Waals surface area contributed by atoms with E-state index in [1.165, 1.54) is 33.8 Å². The van der Waals surface area contributed by atoms with Gasteiger partial charge in [-0.05, 0) is 44.0 Å². The Bertz CT molecular complexity index is 1440. The van der Waals surface area contributed by atoms with E-state index in [2.05, 4.69) is 15.3 Å². The van der Waals surface area contributed by atoms with Gasteiger partial charge in [-0.1, -0.05) is 23.5 Å². The number of aromatic nitrogens is 2. The molecule has 0 bridgehead atoms. The van der Waals surface area contributed by atoms with E-state index in [1.54, 1.807) is 11.3 Å². The molecule has 1 saturated heterocycles. The molecule has 0 spiro atoms. The molecule has 7 nitrogen and oxygen atoms in total. The maximum absolute atomic E-state index is 14.0. The Labute approximate surface area is 192 Å². The maximum Gasteiger partial charge on any atom is 0.245 e. The van der Waals surface area contributed by atoms with Gasteiger partial charge in [0.25, 0.3) is 0 Å². The van der Waals surface area contributed by atoms with Crippen molar-refractivity contribution < 1.29 is 17.6 Å². The number of fused-ring (bicyclic) bond motifs is 3. The summed E-state index contributed by atoms with van der Waals surface area (Å²) >= 11 is 3.01. The van der Waals surface area contributed by atoms with Crippen LogP contribution in [0.3, 0.4) is 0 Å². The quantitative estimate of drug-likeness (QED) is 0.458. The number of aryl methyl sites for hydroxylation is 1. The molecule has 0 atom stereocenters. The molecule has 1 fully saturated rings. The summed E-state index contributed by atoms with van der Waals surface area (Å²) in [6.07, 6.45) is 0.722. The average Bonchev–Trinajstić information content (AvgIpc) is 3.36. The van der Waals surface area contributed by atoms with Crippen LogP contribution in [-0.2, 0) is 14.8 Å². The number of carbonyl (C=O) groups excluding carboxylic acids is 1. The first kappa shape index (κ1) is 21.4. The van der Waals surface area contributed by atoms with Crippen molar-refractivity contribution in [3.05, 3.63) is 47.2 Å². The Kier molecular flexibility index (Phi) is 5.44. The van der Waals surface area contributed by atoms with Crippen molar-refractivity contribution in [1.82, 2.24) is 14.3 Å². The summed E-state index contributed by atoms with van der Waals surface area (Å²) in [5.41, 5.74) is 1.68. The van der Waals surface area contributed by atoms with Gasteiger partial charge in [0.15, 0.2) is 5.13 Å². The minimum absolute atomic E-state index is 0.160. The van der Waals surface area contributed by atoms with Crippen LogP contribution in [0.5, 0.6) is 0 Å². The van der Waals surface area contributed by atoms with Gasteiger partial charge in [0.1, 0.15) is 16.2 Å². The lowest BCUT2D eigenvalue weighted by Gasteiger charge is -2.30. The summed E-state index contributed by atoms with van der Waals surface area (Å²) in [6.45, 7) is 2.28. The number of rotatable bonds is 4. The molecule has 166 valence electrons. The van der Waals surface area contributed by atoms with Crippen molar-refractivity contribution in [1.29, 1.82) is 0 Å². The van der Waals surface area contributed by atoms with Gasteiger partial charge in [-0.2, -0.15) is 4.31 Å². The standard InChI is InChI=1S/C21H19FN4O3S3/c1-12-23-18-16(30-12)7-6-15-19(18)31-21(24-15)25-20(27)13-8-10-26(11-9-13)32(28,29)17-5-3-2-4-14(17)22/h2-7,13H,8-11H2,1H3,(H,24,25,27). The fraction of sp³-hybridized carbons (Fsp3) is 0.286. The molecular formula is C21H19FN4O3S3. The van der Waals surface area contributed by atoms with E-state index in [1.807, 2.05) is 19.1 Å². The minimum Gasteiger partial charge on any atom is -0.302 e. The summed E-state index contributed by atoms with van der Waals surface area (Å²) < 4.78 is 42.8. The number of hydrogen-bond donors (Lipinski definition) is 1. The molecule has 1 aliphatic heterocycles. The third-order valence-electron chi connectivity index (χ3n) is 5.53. The highest BCUT2D eigenvalue weighted by Crippen LogP contribution is 2.35. The number of carbonyl (C=O) groups is 1. The monoisotopic (exact) mass is 490 g/mol. The van der Waals surface area contributed by atoms with Gasteiger partial charge in [-0.15, -0.1) is 11.3 Å². The van der Waals surface area contributed by atoms with Crippen molar-refractivity contribution >= 4 is 64.2 Å². The maximum atomic E-state index is 14.0. The van der Waals surface area contributed by atoms with E-state index >= 15 is 0 Å². The normalized spacial score (nSPS) is 16.1. The van der Waals surface area contributed by atoms with E-state index in [0.717, 1.165) is 31.5 Å². The van der Waals surface area contributed by atoms with Crippen LogP contribution in [0.1, 0.15) is 17.8 Å². The fourth-order valence-electron chi connectivity index (χ4n) is 3.90. The first-order valence-electron chi connectivity index (χ1n) is 10.0. The van der Waals surface area contributed by atoms with Crippen LogP contribution >= 0.6 is 22.7 Å². The highest BCUT2D eigenvalue weighted by atomic mass is 32.2. The van der Waals surface area contributed by atoms with Crippen LogP contribution in [0.25, 0.3) is 20.4 Å². The number of benzene rings is 2. The number of nitrogens with one attached hydrogen (secondary N) is 1. The predicted molar refractivity (Wildman–Crippen MR) is 124 cm³/mol. The van der Waals surface area contributed by atoms with Crippen molar-refractivity contribution in [3.63, 3.8) is 0 Å². The molecule has 0 saturated carbocycles. The molecule has 5 rings (SSSR count). The van der Waals surface area contributed by atoms with Crippen LogP contribution in [0.2, 0.25) is 0 Å². The first-order valence-corrected chi connectivity index (χ1v) is 13.1. The Morgan fingerprint density at radius 3 is 2.62 bits per heavy atom. The SMILES string of the molecule is Cc1nc2c(ccc3nc(NC(=O)C4CCN(S(=O)(=O)c5ccccc5F)CC4)sc32)s1. The molecule has 2 aromatic heterocycles. The molecule has 2 aromatic carbocycles. The zero-order valence-corrected chi connectivity index (χ0v) is 19.5. The van der Waals surface area contributed by atoms with Crippen molar-refractivity contribution in [2.45, 2.75) is 24.7 Å². The van der Waals surface area contributed by atoms with Crippen LogP contribution < -0.4 is 5.32 Å². The van der Waals surface area contributed by atoms with E-state index in [0.29, 0.717) is 18.0 Å². The average molecular weight is 491 g/mol. The topological polar surface area (TPSA) is 92.3 Å². The van der Waals surface area contributed by atoms with Crippen LogP contribution in [0.4, 0.5) is 9.52 Å². The fourth-order valence-corrected chi connectivity index (χ4v) is 7.29. The molecule has 3 heterocycles. The summed E-state index contributed by atoms with van der Waals surface area (Å²) in [7, 11) is -3.93. The molecule has 11 heteroatoms. The van der Waals surface area contributed by atoms with Gasteiger partial charge in [-0.3, -0.25) is 4.79 Å². The third kappa shape index (κ3) is 3.79. The van der Waals surface area contributed by atoms with Gasteiger partial charge < -0.3 is 5.32 Å². The zero-order valence-electron chi connectivity index (χ0n) is 17.0. The molecular weight excluding hydrogens is 471 g/mol. The Morgan fingerprint density at radius 2 is 1.88 bits per heavy atom. The van der Waals surface area contributed by atoms with Gasteiger partial charge in [0.2, 0.25) is 15.9 Å². The number of amides is 1. The molecule has 0 radical (unpaired) electrons. The largest absolute Gasteiger partial charge is 0.302 e. The molecule has 1 aliphatic rings. The number of anilines is 1. The Balaban J connectivity index is 1.28.